The van der Waals surface area contributed by atoms with Gasteiger partial charge in [-0.2, -0.15) is 0 Å². The molecular weight excluding hydrogens is 298 g/mol. The van der Waals surface area contributed by atoms with Gasteiger partial charge in [0.05, 0.1) is 5.75 Å². The molecule has 0 fully saturated rings. The molecule has 1 N–H and O–H groups in total. The molecule has 0 aromatic carbocycles. The molecule has 1 amide bonds. The van der Waals surface area contributed by atoms with Crippen LogP contribution in [0.25, 0.3) is 0 Å². The Labute approximate surface area is 124 Å². The maximum atomic E-state index is 11.8. The van der Waals surface area contributed by atoms with Crippen molar-refractivity contribution in [3.8, 4) is 0 Å². The first-order valence-electron chi connectivity index (χ1n) is 5.91. The summed E-state index contributed by atoms with van der Waals surface area (Å²) in [7, 11) is 0. The Hall–Kier alpha value is -1.48. The number of amides is 1. The number of aromatic nitrogens is 4. The van der Waals surface area contributed by atoms with Crippen molar-refractivity contribution in [1.29, 1.82) is 0 Å². The van der Waals surface area contributed by atoms with Crippen LogP contribution in [-0.4, -0.2) is 32.1 Å². The number of nitrogens with one attached hydrogen (secondary N) is 1. The highest BCUT2D eigenvalue weighted by Gasteiger charge is 2.20. The molecule has 7 nitrogen and oxygen atoms in total. The fourth-order valence-electron chi connectivity index (χ4n) is 1.20. The van der Waals surface area contributed by atoms with Gasteiger partial charge in [0.1, 0.15) is 5.01 Å². The number of nitrogens with zero attached hydrogens (tertiary/aromatic N) is 4. The van der Waals surface area contributed by atoms with Crippen LogP contribution in [0.15, 0.2) is 9.64 Å². The number of anilines is 1. The van der Waals surface area contributed by atoms with Gasteiger partial charge in [-0.1, -0.05) is 43.9 Å². The molecule has 2 rings (SSSR count). The van der Waals surface area contributed by atoms with Gasteiger partial charge in [0.15, 0.2) is 0 Å². The third-order valence-corrected chi connectivity index (χ3v) is 4.23. The van der Waals surface area contributed by atoms with Crippen molar-refractivity contribution < 1.29 is 9.21 Å². The predicted octanol–water partition coefficient (Wildman–Crippen LogP) is 2.26. The van der Waals surface area contributed by atoms with Gasteiger partial charge in [-0.15, -0.1) is 20.4 Å². The summed E-state index contributed by atoms with van der Waals surface area (Å²) in [6, 6.07) is 0. The van der Waals surface area contributed by atoms with Gasteiger partial charge < -0.3 is 4.42 Å². The Bertz CT molecular complexity index is 602. The number of hydrogen-bond acceptors (Lipinski definition) is 8. The second-order valence-electron chi connectivity index (χ2n) is 5.09. The first-order chi connectivity index (χ1) is 9.34. The molecule has 0 unspecified atom stereocenters. The second kappa shape index (κ2) is 5.88. The monoisotopic (exact) mass is 313 g/mol. The van der Waals surface area contributed by atoms with Crippen molar-refractivity contribution in [2.75, 3.05) is 11.1 Å². The lowest BCUT2D eigenvalue weighted by molar-refractivity contribution is -0.113. The highest BCUT2D eigenvalue weighted by atomic mass is 32.2. The zero-order valence-corrected chi connectivity index (χ0v) is 13.3. The molecule has 0 atom stereocenters. The van der Waals surface area contributed by atoms with Crippen LogP contribution < -0.4 is 5.32 Å². The van der Waals surface area contributed by atoms with Crippen LogP contribution in [0.1, 0.15) is 31.7 Å². The number of carbonyl (C=O) groups excluding carboxylic acids is 1. The summed E-state index contributed by atoms with van der Waals surface area (Å²) < 4.78 is 5.17. The number of aryl methyl sites for hydroxylation is 1. The quantitative estimate of drug-likeness (QED) is 0.865. The van der Waals surface area contributed by atoms with Crippen molar-refractivity contribution >= 4 is 34.1 Å². The van der Waals surface area contributed by atoms with E-state index in [9.17, 15) is 4.79 Å². The molecule has 108 valence electrons. The number of carbonyl (C=O) groups is 1. The zero-order valence-electron chi connectivity index (χ0n) is 11.6. The van der Waals surface area contributed by atoms with Crippen LogP contribution in [-0.2, 0) is 10.2 Å². The largest absolute Gasteiger partial charge is 0.416 e. The highest BCUT2D eigenvalue weighted by Crippen LogP contribution is 2.27. The van der Waals surface area contributed by atoms with Crippen LogP contribution >= 0.6 is 23.1 Å². The summed E-state index contributed by atoms with van der Waals surface area (Å²) in [5.41, 5.74) is -0.0727. The fraction of sp³-hybridized carbons (Fsp3) is 0.545. The molecule has 20 heavy (non-hydrogen) atoms. The average molecular weight is 313 g/mol. The van der Waals surface area contributed by atoms with Gasteiger partial charge in [-0.05, 0) is 0 Å². The maximum absolute atomic E-state index is 11.8. The van der Waals surface area contributed by atoms with E-state index >= 15 is 0 Å². The zero-order chi connectivity index (χ0) is 14.8. The van der Waals surface area contributed by atoms with Crippen LogP contribution in [0.4, 0.5) is 5.13 Å². The van der Waals surface area contributed by atoms with E-state index in [-0.39, 0.29) is 17.1 Å². The lowest BCUT2D eigenvalue weighted by Gasteiger charge is -2.12. The molecule has 0 radical (unpaired) electrons. The molecule has 9 heteroatoms. The topological polar surface area (TPSA) is 93.8 Å². The Morgan fingerprint density at radius 1 is 1.30 bits per heavy atom. The minimum Gasteiger partial charge on any atom is -0.416 e. The molecule has 0 aliphatic carbocycles. The Morgan fingerprint density at radius 3 is 2.60 bits per heavy atom. The number of rotatable bonds is 4. The smallest absolute Gasteiger partial charge is 0.277 e. The van der Waals surface area contributed by atoms with Crippen LogP contribution in [0.5, 0.6) is 0 Å². The summed E-state index contributed by atoms with van der Waals surface area (Å²) in [6.45, 7) is 7.85. The van der Waals surface area contributed by atoms with E-state index in [1.54, 1.807) is 6.92 Å². The van der Waals surface area contributed by atoms with Crippen molar-refractivity contribution in [3.05, 3.63) is 10.9 Å². The third kappa shape index (κ3) is 4.01. The summed E-state index contributed by atoms with van der Waals surface area (Å²) in [6.07, 6.45) is 0. The van der Waals surface area contributed by atoms with E-state index in [4.69, 9.17) is 4.42 Å². The Balaban J connectivity index is 1.87. The second-order valence-corrected chi connectivity index (χ2v) is 6.99. The van der Waals surface area contributed by atoms with Gasteiger partial charge >= 0.3 is 0 Å². The first kappa shape index (κ1) is 14.9. The fourth-order valence-corrected chi connectivity index (χ4v) is 2.62. The number of thioether (sulfide) groups is 1. The average Bonchev–Trinajstić information content (AvgIpc) is 2.95. The summed E-state index contributed by atoms with van der Waals surface area (Å²) in [5.74, 6) is 0.487. The number of hydrogen-bond donors (Lipinski definition) is 1. The molecular formula is C11H15N5O2S2. The first-order valence-corrected chi connectivity index (χ1v) is 7.71. The SMILES string of the molecule is Cc1nnc(SCC(=O)Nc2nnc(C(C)(C)C)s2)o1. The van der Waals surface area contributed by atoms with Crippen molar-refractivity contribution in [1.82, 2.24) is 20.4 Å². The molecule has 0 saturated carbocycles. The molecule has 0 aliphatic rings. The minimum absolute atomic E-state index is 0.0727. The van der Waals surface area contributed by atoms with Gasteiger partial charge in [0, 0.05) is 12.3 Å². The molecule has 0 spiro atoms. The normalized spacial score (nSPS) is 11.6. The summed E-state index contributed by atoms with van der Waals surface area (Å²) >= 11 is 2.56. The maximum Gasteiger partial charge on any atom is 0.277 e. The van der Waals surface area contributed by atoms with Crippen LogP contribution in [0.2, 0.25) is 0 Å². The lowest BCUT2D eigenvalue weighted by atomic mass is 9.98. The van der Waals surface area contributed by atoms with E-state index in [0.717, 1.165) is 5.01 Å². The Morgan fingerprint density at radius 2 is 2.05 bits per heavy atom. The predicted molar refractivity (Wildman–Crippen MR) is 77.0 cm³/mol. The van der Waals surface area contributed by atoms with Gasteiger partial charge in [-0.25, -0.2) is 0 Å². The minimum atomic E-state index is -0.178. The van der Waals surface area contributed by atoms with Gasteiger partial charge in [-0.3, -0.25) is 10.1 Å². The Kier molecular flexibility index (Phi) is 4.39. The van der Waals surface area contributed by atoms with E-state index < -0.39 is 0 Å². The van der Waals surface area contributed by atoms with Crippen molar-refractivity contribution in [2.24, 2.45) is 0 Å². The molecule has 2 aromatic rings. The van der Waals surface area contributed by atoms with Crippen LogP contribution in [0, 0.1) is 6.92 Å². The van der Waals surface area contributed by atoms with Crippen LogP contribution in [0.3, 0.4) is 0 Å². The summed E-state index contributed by atoms with van der Waals surface area (Å²) in [4.78, 5) is 11.8. The molecule has 0 bridgehead atoms. The van der Waals surface area contributed by atoms with E-state index in [2.05, 4.69) is 25.7 Å². The summed E-state index contributed by atoms with van der Waals surface area (Å²) in [5, 5.41) is 20.0. The van der Waals surface area contributed by atoms with Gasteiger partial charge in [0.25, 0.3) is 5.22 Å². The lowest BCUT2D eigenvalue weighted by Crippen LogP contribution is -2.13. The van der Waals surface area contributed by atoms with E-state index in [1.165, 1.54) is 23.1 Å². The van der Waals surface area contributed by atoms with E-state index in [0.29, 0.717) is 16.2 Å². The molecule has 0 aliphatic heterocycles. The highest BCUT2D eigenvalue weighted by molar-refractivity contribution is 7.99. The third-order valence-electron chi connectivity index (χ3n) is 2.15. The van der Waals surface area contributed by atoms with Crippen molar-refractivity contribution in [2.45, 2.75) is 38.3 Å². The van der Waals surface area contributed by atoms with Crippen molar-refractivity contribution in [3.63, 3.8) is 0 Å². The van der Waals surface area contributed by atoms with E-state index in [1.807, 2.05) is 20.8 Å². The standard InChI is InChI=1S/C11H15N5O2S2/c1-6-13-16-10(18-6)19-5-7(17)12-9-15-14-8(20-9)11(2,3)4/h5H2,1-4H3,(H,12,15,17). The molecule has 2 aromatic heterocycles. The molecule has 2 heterocycles. The molecule has 0 saturated heterocycles. The van der Waals surface area contributed by atoms with Gasteiger partial charge in [0.2, 0.25) is 16.9 Å².